The highest BCUT2D eigenvalue weighted by molar-refractivity contribution is 8.01. The number of rotatable bonds is 5. The van der Waals surface area contributed by atoms with Crippen molar-refractivity contribution in [3.63, 3.8) is 0 Å². The van der Waals surface area contributed by atoms with Crippen molar-refractivity contribution < 1.29 is 0 Å². The maximum Gasteiger partial charge on any atom is 0.210 e. The van der Waals surface area contributed by atoms with Crippen LogP contribution in [-0.4, -0.2) is 16.0 Å². The quantitative estimate of drug-likeness (QED) is 0.657. The van der Waals surface area contributed by atoms with E-state index < -0.39 is 0 Å². The van der Waals surface area contributed by atoms with Crippen molar-refractivity contribution in [3.8, 4) is 0 Å². The second-order valence-corrected chi connectivity index (χ2v) is 6.09. The average molecular weight is 277 g/mol. The fourth-order valence-electron chi connectivity index (χ4n) is 1.45. The number of hydrogen-bond acceptors (Lipinski definition) is 5. The van der Waals surface area contributed by atoms with Gasteiger partial charge in [0.15, 0.2) is 4.34 Å². The second kappa shape index (κ2) is 6.02. The van der Waals surface area contributed by atoms with Gasteiger partial charge in [-0.05, 0) is 31.0 Å². The molecule has 1 aromatic carbocycles. The lowest BCUT2D eigenvalue weighted by atomic mass is 10.1. The van der Waals surface area contributed by atoms with E-state index in [4.69, 9.17) is 0 Å². The van der Waals surface area contributed by atoms with Crippen LogP contribution in [0.25, 0.3) is 0 Å². The van der Waals surface area contributed by atoms with Crippen molar-refractivity contribution in [1.82, 2.24) is 10.2 Å². The number of hydrogen-bond donors (Lipinski definition) is 1. The topological polar surface area (TPSA) is 37.8 Å². The zero-order valence-electron chi connectivity index (χ0n) is 10.4. The van der Waals surface area contributed by atoms with Gasteiger partial charge in [0.1, 0.15) is 0 Å². The zero-order valence-corrected chi connectivity index (χ0v) is 12.1. The van der Waals surface area contributed by atoms with Gasteiger partial charge in [-0.3, -0.25) is 0 Å². The minimum absolute atomic E-state index is 0.829. The Balaban J connectivity index is 2.11. The van der Waals surface area contributed by atoms with E-state index in [0.717, 1.165) is 20.9 Å². The number of aryl methyl sites for hydroxylation is 1. The molecule has 5 heteroatoms. The predicted octanol–water partition coefficient (Wildman–Crippen LogP) is 4.18. The summed E-state index contributed by atoms with van der Waals surface area (Å²) in [5, 5.41) is 12.4. The number of aromatic nitrogens is 2. The smallest absolute Gasteiger partial charge is 0.210 e. The summed E-state index contributed by atoms with van der Waals surface area (Å²) in [6.07, 6.45) is 1.86. The Kier molecular flexibility index (Phi) is 4.38. The molecule has 2 rings (SSSR count). The Hall–Kier alpha value is -1.33. The third-order valence-electron chi connectivity index (χ3n) is 2.58. The summed E-state index contributed by atoms with van der Waals surface area (Å²) >= 11 is 3.21. The molecule has 0 aliphatic heterocycles. The molecule has 0 aliphatic carbocycles. The number of benzene rings is 1. The van der Waals surface area contributed by atoms with Gasteiger partial charge in [0, 0.05) is 11.4 Å². The molecule has 0 unspecified atom stereocenters. The van der Waals surface area contributed by atoms with Crippen LogP contribution in [0.2, 0.25) is 0 Å². The minimum Gasteiger partial charge on any atom is -0.330 e. The van der Waals surface area contributed by atoms with Crippen molar-refractivity contribution in [2.75, 3.05) is 11.1 Å². The normalized spacial score (nSPS) is 10.3. The Labute approximate surface area is 115 Å². The number of thioether (sulfide) groups is 1. The molecule has 3 nitrogen and oxygen atoms in total. The van der Waals surface area contributed by atoms with Crippen LogP contribution >= 0.6 is 23.1 Å². The molecule has 0 saturated carbocycles. The van der Waals surface area contributed by atoms with Crippen LogP contribution in [0, 0.1) is 13.8 Å². The van der Waals surface area contributed by atoms with E-state index in [2.05, 4.69) is 48.1 Å². The second-order valence-electron chi connectivity index (χ2n) is 3.85. The number of anilines is 2. The largest absolute Gasteiger partial charge is 0.330 e. The summed E-state index contributed by atoms with van der Waals surface area (Å²) in [4.78, 5) is 0. The molecule has 0 saturated heterocycles. The van der Waals surface area contributed by atoms with Gasteiger partial charge in [0.05, 0.1) is 0 Å². The molecular weight excluding hydrogens is 262 g/mol. The third kappa shape index (κ3) is 3.11. The van der Waals surface area contributed by atoms with Gasteiger partial charge >= 0.3 is 0 Å². The molecule has 1 N–H and O–H groups in total. The molecule has 0 spiro atoms. The standard InChI is InChI=1S/C13H15N3S2/c1-4-8-17-13-16-15-12(18-13)14-11-7-5-6-9(2)10(11)3/h4-7H,1,8H2,2-3H3,(H,14,15). The molecule has 1 heterocycles. The first kappa shape index (κ1) is 13.1. The fraction of sp³-hybridized carbons (Fsp3) is 0.231. The van der Waals surface area contributed by atoms with Crippen LogP contribution in [0.3, 0.4) is 0 Å². The summed E-state index contributed by atoms with van der Waals surface area (Å²) in [7, 11) is 0. The van der Waals surface area contributed by atoms with Gasteiger partial charge in [-0.1, -0.05) is 41.3 Å². The highest BCUT2D eigenvalue weighted by Crippen LogP contribution is 2.29. The molecule has 94 valence electrons. The van der Waals surface area contributed by atoms with Crippen LogP contribution in [0.5, 0.6) is 0 Å². The predicted molar refractivity (Wildman–Crippen MR) is 80.0 cm³/mol. The first-order valence-electron chi connectivity index (χ1n) is 5.61. The van der Waals surface area contributed by atoms with Crippen LogP contribution in [0.15, 0.2) is 35.2 Å². The number of nitrogens with zero attached hydrogens (tertiary/aromatic N) is 2. The molecular formula is C13H15N3S2. The highest BCUT2D eigenvalue weighted by atomic mass is 32.2. The average Bonchev–Trinajstić information content (AvgIpc) is 2.80. The van der Waals surface area contributed by atoms with Gasteiger partial charge < -0.3 is 5.32 Å². The van der Waals surface area contributed by atoms with Crippen molar-refractivity contribution >= 4 is 33.9 Å². The van der Waals surface area contributed by atoms with E-state index >= 15 is 0 Å². The Morgan fingerprint density at radius 1 is 1.39 bits per heavy atom. The van der Waals surface area contributed by atoms with Crippen LogP contribution in [-0.2, 0) is 0 Å². The first-order chi connectivity index (χ1) is 8.70. The summed E-state index contributed by atoms with van der Waals surface area (Å²) in [5.74, 6) is 0.859. The molecule has 1 aromatic heterocycles. The summed E-state index contributed by atoms with van der Waals surface area (Å²) < 4.78 is 0.961. The molecule has 0 fully saturated rings. The van der Waals surface area contributed by atoms with E-state index in [1.165, 1.54) is 11.1 Å². The molecule has 18 heavy (non-hydrogen) atoms. The van der Waals surface area contributed by atoms with Crippen molar-refractivity contribution in [2.45, 2.75) is 18.2 Å². The lowest BCUT2D eigenvalue weighted by molar-refractivity contribution is 1.01. The van der Waals surface area contributed by atoms with E-state index in [0.29, 0.717) is 0 Å². The molecule has 0 aliphatic rings. The lowest BCUT2D eigenvalue weighted by Crippen LogP contribution is -1.94. The summed E-state index contributed by atoms with van der Waals surface area (Å²) in [6, 6.07) is 6.20. The lowest BCUT2D eigenvalue weighted by Gasteiger charge is -2.08. The van der Waals surface area contributed by atoms with Crippen LogP contribution in [0.1, 0.15) is 11.1 Å². The maximum atomic E-state index is 4.14. The molecule has 0 amide bonds. The summed E-state index contributed by atoms with van der Waals surface area (Å²) in [5.41, 5.74) is 3.60. The van der Waals surface area contributed by atoms with Gasteiger partial charge in [0.25, 0.3) is 0 Å². The van der Waals surface area contributed by atoms with E-state index in [-0.39, 0.29) is 0 Å². The monoisotopic (exact) mass is 277 g/mol. The van der Waals surface area contributed by atoms with Gasteiger partial charge in [-0.2, -0.15) is 0 Å². The fourth-order valence-corrected chi connectivity index (χ4v) is 2.98. The molecule has 0 atom stereocenters. The Bertz CT molecular complexity index is 549. The third-order valence-corrected chi connectivity index (χ3v) is 4.55. The Morgan fingerprint density at radius 2 is 2.22 bits per heavy atom. The van der Waals surface area contributed by atoms with E-state index in [1.54, 1.807) is 23.1 Å². The van der Waals surface area contributed by atoms with Crippen LogP contribution in [0.4, 0.5) is 10.8 Å². The van der Waals surface area contributed by atoms with Gasteiger partial charge in [-0.25, -0.2) is 0 Å². The van der Waals surface area contributed by atoms with Gasteiger partial charge in [0.2, 0.25) is 5.13 Å². The van der Waals surface area contributed by atoms with Gasteiger partial charge in [-0.15, -0.1) is 16.8 Å². The molecule has 2 aromatic rings. The highest BCUT2D eigenvalue weighted by Gasteiger charge is 2.06. The summed E-state index contributed by atoms with van der Waals surface area (Å²) in [6.45, 7) is 7.90. The van der Waals surface area contributed by atoms with Crippen molar-refractivity contribution in [1.29, 1.82) is 0 Å². The zero-order chi connectivity index (χ0) is 13.0. The van der Waals surface area contributed by atoms with Crippen molar-refractivity contribution in [3.05, 3.63) is 42.0 Å². The van der Waals surface area contributed by atoms with E-state index in [1.807, 2.05) is 12.1 Å². The number of nitrogens with one attached hydrogen (secondary N) is 1. The SMILES string of the molecule is C=CCSc1nnc(Nc2cccc(C)c2C)s1. The first-order valence-corrected chi connectivity index (χ1v) is 7.41. The molecule has 0 bridgehead atoms. The molecule has 0 radical (unpaired) electrons. The van der Waals surface area contributed by atoms with Crippen LogP contribution < -0.4 is 5.32 Å². The Morgan fingerprint density at radius 3 is 3.00 bits per heavy atom. The minimum atomic E-state index is 0.829. The van der Waals surface area contributed by atoms with E-state index in [9.17, 15) is 0 Å². The maximum absolute atomic E-state index is 4.14. The van der Waals surface area contributed by atoms with Crippen molar-refractivity contribution in [2.24, 2.45) is 0 Å².